The molecule has 1 rings (SSSR count). The number of likely N-dealkylation sites (N-methyl/N-ethyl adjacent to an activating group) is 1. The molecule has 0 amide bonds. The highest BCUT2D eigenvalue weighted by molar-refractivity contribution is 5.18. The number of unbranched alkanes of at least 4 members (excludes halogenated alkanes) is 5. The first-order valence-electron chi connectivity index (χ1n) is 7.78. The molecule has 1 aromatic rings. The van der Waals surface area contributed by atoms with E-state index < -0.39 is 11.6 Å². The van der Waals surface area contributed by atoms with E-state index in [0.29, 0.717) is 6.04 Å². The Bertz CT molecular complexity index is 379. The molecule has 20 heavy (non-hydrogen) atoms. The van der Waals surface area contributed by atoms with Gasteiger partial charge in [-0.05, 0) is 37.6 Å². The molecular formula is C17H27F2N. The predicted molar refractivity (Wildman–Crippen MR) is 80.9 cm³/mol. The Balaban J connectivity index is 2.29. The van der Waals surface area contributed by atoms with Gasteiger partial charge in [0.05, 0.1) is 0 Å². The summed E-state index contributed by atoms with van der Waals surface area (Å²) in [6, 6.07) is 4.53. The molecule has 0 aliphatic carbocycles. The zero-order valence-electron chi connectivity index (χ0n) is 12.7. The fourth-order valence-corrected chi connectivity index (χ4v) is 2.47. The lowest BCUT2D eigenvalue weighted by atomic mass is 9.99. The van der Waals surface area contributed by atoms with Crippen LogP contribution >= 0.6 is 0 Å². The number of benzene rings is 1. The van der Waals surface area contributed by atoms with E-state index in [4.69, 9.17) is 0 Å². The molecule has 0 bridgehead atoms. The Kier molecular flexibility index (Phi) is 8.43. The van der Waals surface area contributed by atoms with E-state index in [9.17, 15) is 8.78 Å². The van der Waals surface area contributed by atoms with Crippen LogP contribution in [-0.4, -0.2) is 13.1 Å². The maximum absolute atomic E-state index is 13.2. The molecule has 1 unspecified atom stereocenters. The maximum atomic E-state index is 13.2. The van der Waals surface area contributed by atoms with Crippen LogP contribution < -0.4 is 5.32 Å². The minimum atomic E-state index is -0.773. The average Bonchev–Trinajstić information content (AvgIpc) is 2.45. The largest absolute Gasteiger partial charge is 0.317 e. The molecule has 0 aromatic heterocycles. The molecule has 0 heterocycles. The van der Waals surface area contributed by atoms with E-state index in [1.54, 1.807) is 6.07 Å². The van der Waals surface area contributed by atoms with Crippen LogP contribution in [0.5, 0.6) is 0 Å². The van der Waals surface area contributed by atoms with Gasteiger partial charge in [-0.15, -0.1) is 0 Å². The Labute approximate surface area is 121 Å². The maximum Gasteiger partial charge on any atom is 0.159 e. The van der Waals surface area contributed by atoms with Crippen LogP contribution in [0.4, 0.5) is 8.78 Å². The normalized spacial score (nSPS) is 12.6. The fraction of sp³-hybridized carbons (Fsp3) is 0.647. The number of rotatable bonds is 10. The summed E-state index contributed by atoms with van der Waals surface area (Å²) in [5, 5.41) is 3.27. The van der Waals surface area contributed by atoms with Gasteiger partial charge in [0.2, 0.25) is 0 Å². The van der Waals surface area contributed by atoms with Gasteiger partial charge in [-0.1, -0.05) is 51.5 Å². The average molecular weight is 283 g/mol. The molecule has 0 radical (unpaired) electrons. The third kappa shape index (κ3) is 6.47. The van der Waals surface area contributed by atoms with E-state index in [1.165, 1.54) is 50.7 Å². The lowest BCUT2D eigenvalue weighted by molar-refractivity contribution is 0.475. The number of nitrogens with one attached hydrogen (secondary N) is 1. The summed E-state index contributed by atoms with van der Waals surface area (Å²) in [6.45, 7) is 2.22. The predicted octanol–water partition coefficient (Wildman–Crippen LogP) is 4.85. The molecule has 1 N–H and O–H groups in total. The highest BCUT2D eigenvalue weighted by atomic mass is 19.2. The first-order chi connectivity index (χ1) is 9.67. The molecule has 0 saturated heterocycles. The van der Waals surface area contributed by atoms with E-state index in [-0.39, 0.29) is 0 Å². The molecule has 1 aromatic carbocycles. The van der Waals surface area contributed by atoms with E-state index in [2.05, 4.69) is 12.2 Å². The van der Waals surface area contributed by atoms with Crippen LogP contribution in [0.2, 0.25) is 0 Å². The highest BCUT2D eigenvalue weighted by Gasteiger charge is 2.09. The minimum absolute atomic E-state index is 0.339. The zero-order chi connectivity index (χ0) is 14.8. The second-order valence-electron chi connectivity index (χ2n) is 5.49. The SMILES string of the molecule is CCCCCCCCC(Cc1ccc(F)c(F)c1)NC. The smallest absolute Gasteiger partial charge is 0.159 e. The van der Waals surface area contributed by atoms with Crippen molar-refractivity contribution in [2.45, 2.75) is 64.3 Å². The van der Waals surface area contributed by atoms with Gasteiger partial charge in [-0.2, -0.15) is 0 Å². The van der Waals surface area contributed by atoms with Crippen LogP contribution in [0, 0.1) is 11.6 Å². The summed E-state index contributed by atoms with van der Waals surface area (Å²) in [5.41, 5.74) is 0.856. The summed E-state index contributed by atoms with van der Waals surface area (Å²) in [6.07, 6.45) is 9.51. The van der Waals surface area contributed by atoms with Gasteiger partial charge in [0.1, 0.15) is 0 Å². The van der Waals surface area contributed by atoms with Crippen molar-refractivity contribution in [3.05, 3.63) is 35.4 Å². The third-order valence-electron chi connectivity index (χ3n) is 3.78. The number of hydrogen-bond donors (Lipinski definition) is 1. The van der Waals surface area contributed by atoms with Crippen molar-refractivity contribution in [2.24, 2.45) is 0 Å². The van der Waals surface area contributed by atoms with Crippen LogP contribution in [-0.2, 0) is 6.42 Å². The summed E-state index contributed by atoms with van der Waals surface area (Å²) in [7, 11) is 1.93. The third-order valence-corrected chi connectivity index (χ3v) is 3.78. The van der Waals surface area contributed by atoms with Gasteiger partial charge in [-0.3, -0.25) is 0 Å². The van der Waals surface area contributed by atoms with Gasteiger partial charge in [-0.25, -0.2) is 8.78 Å². The van der Waals surface area contributed by atoms with Crippen molar-refractivity contribution in [3.63, 3.8) is 0 Å². The topological polar surface area (TPSA) is 12.0 Å². The van der Waals surface area contributed by atoms with E-state index in [1.807, 2.05) is 7.05 Å². The zero-order valence-corrected chi connectivity index (χ0v) is 12.7. The van der Waals surface area contributed by atoms with Gasteiger partial charge in [0, 0.05) is 6.04 Å². The van der Waals surface area contributed by atoms with E-state index in [0.717, 1.165) is 18.4 Å². The first kappa shape index (κ1) is 17.1. The molecule has 0 aliphatic heterocycles. The summed E-state index contributed by atoms with van der Waals surface area (Å²) in [5.74, 6) is -1.53. The van der Waals surface area contributed by atoms with E-state index >= 15 is 0 Å². The van der Waals surface area contributed by atoms with Crippen LogP contribution in [0.3, 0.4) is 0 Å². The van der Waals surface area contributed by atoms with Crippen LogP contribution in [0.15, 0.2) is 18.2 Å². The minimum Gasteiger partial charge on any atom is -0.317 e. The molecule has 0 spiro atoms. The molecule has 114 valence electrons. The lowest BCUT2D eigenvalue weighted by Gasteiger charge is -2.16. The van der Waals surface area contributed by atoms with Crippen LogP contribution in [0.25, 0.3) is 0 Å². The van der Waals surface area contributed by atoms with Crippen molar-refractivity contribution < 1.29 is 8.78 Å². The quantitative estimate of drug-likeness (QED) is 0.605. The lowest BCUT2D eigenvalue weighted by Crippen LogP contribution is -2.27. The van der Waals surface area contributed by atoms with Crippen LogP contribution in [0.1, 0.15) is 57.4 Å². The van der Waals surface area contributed by atoms with Gasteiger partial charge < -0.3 is 5.32 Å². The first-order valence-corrected chi connectivity index (χ1v) is 7.78. The van der Waals surface area contributed by atoms with Gasteiger partial charge >= 0.3 is 0 Å². The van der Waals surface area contributed by atoms with Crippen molar-refractivity contribution in [1.29, 1.82) is 0 Å². The Morgan fingerprint density at radius 2 is 1.70 bits per heavy atom. The van der Waals surface area contributed by atoms with Gasteiger partial charge in [0.25, 0.3) is 0 Å². The highest BCUT2D eigenvalue weighted by Crippen LogP contribution is 2.14. The number of hydrogen-bond acceptors (Lipinski definition) is 1. The monoisotopic (exact) mass is 283 g/mol. The molecule has 0 saturated carbocycles. The summed E-state index contributed by atoms with van der Waals surface area (Å²) in [4.78, 5) is 0. The van der Waals surface area contributed by atoms with Crippen molar-refractivity contribution in [3.8, 4) is 0 Å². The van der Waals surface area contributed by atoms with Crippen molar-refractivity contribution >= 4 is 0 Å². The van der Waals surface area contributed by atoms with Gasteiger partial charge in [0.15, 0.2) is 11.6 Å². The molecule has 0 aliphatic rings. The Hall–Kier alpha value is -0.960. The molecular weight excluding hydrogens is 256 g/mol. The Morgan fingerprint density at radius 3 is 2.35 bits per heavy atom. The number of halogens is 2. The molecule has 0 fully saturated rings. The summed E-state index contributed by atoms with van der Waals surface area (Å²) >= 11 is 0. The summed E-state index contributed by atoms with van der Waals surface area (Å²) < 4.78 is 26.0. The second kappa shape index (κ2) is 9.87. The van der Waals surface area contributed by atoms with Crippen molar-refractivity contribution in [2.75, 3.05) is 7.05 Å². The fourth-order valence-electron chi connectivity index (χ4n) is 2.47. The second-order valence-corrected chi connectivity index (χ2v) is 5.49. The molecule has 1 nitrogen and oxygen atoms in total. The Morgan fingerprint density at radius 1 is 1.00 bits per heavy atom. The molecule has 1 atom stereocenters. The van der Waals surface area contributed by atoms with Crippen molar-refractivity contribution in [1.82, 2.24) is 5.32 Å². The standard InChI is InChI=1S/C17H27F2N/c1-3-4-5-6-7-8-9-15(20-2)12-14-10-11-16(18)17(19)13-14/h10-11,13,15,20H,3-9,12H2,1-2H3. The molecule has 3 heteroatoms.